The number of halogens is 4. The van der Waals surface area contributed by atoms with Gasteiger partial charge in [0.15, 0.2) is 11.7 Å². The number of hydrogen-bond acceptors (Lipinski definition) is 5. The number of aliphatic imine (C=N–C) groups is 1. The van der Waals surface area contributed by atoms with Gasteiger partial charge in [-0.2, -0.15) is 13.2 Å². The molecular weight excluding hydrogens is 456 g/mol. The highest BCUT2D eigenvalue weighted by atomic mass is 127. The van der Waals surface area contributed by atoms with Crippen LogP contribution < -0.4 is 10.6 Å². The van der Waals surface area contributed by atoms with Gasteiger partial charge in [0.2, 0.25) is 0 Å². The first kappa shape index (κ1) is 20.5. The lowest BCUT2D eigenvalue weighted by atomic mass is 10.4. The number of aromatic nitrogens is 3. The maximum Gasteiger partial charge on any atom is 0.434 e. The molecule has 2 heterocycles. The molecule has 2 aromatic heterocycles. The zero-order valence-corrected chi connectivity index (χ0v) is 16.0. The van der Waals surface area contributed by atoms with Gasteiger partial charge >= 0.3 is 6.18 Å². The van der Waals surface area contributed by atoms with E-state index in [1.165, 1.54) is 0 Å². The Morgan fingerprint density at radius 2 is 1.96 bits per heavy atom. The highest BCUT2D eigenvalue weighted by molar-refractivity contribution is 14.0. The van der Waals surface area contributed by atoms with Crippen LogP contribution in [0.25, 0.3) is 0 Å². The summed E-state index contributed by atoms with van der Waals surface area (Å²) in [5, 5.41) is 7.26. The Morgan fingerprint density at radius 3 is 2.54 bits per heavy atom. The van der Waals surface area contributed by atoms with Gasteiger partial charge in [-0.05, 0) is 13.0 Å². The quantitative estimate of drug-likeness (QED) is 0.407. The Labute approximate surface area is 158 Å². The minimum Gasteiger partial charge on any atom is -0.351 e. The first-order valence-electron chi connectivity index (χ1n) is 6.63. The van der Waals surface area contributed by atoms with Crippen molar-refractivity contribution in [3.8, 4) is 0 Å². The van der Waals surface area contributed by atoms with Crippen LogP contribution in [0.4, 0.5) is 13.2 Å². The van der Waals surface area contributed by atoms with Crippen molar-refractivity contribution in [2.45, 2.75) is 26.2 Å². The molecule has 0 unspecified atom stereocenters. The van der Waals surface area contributed by atoms with Crippen LogP contribution in [0.15, 0.2) is 22.6 Å². The molecule has 11 heteroatoms. The number of aryl methyl sites for hydroxylation is 1. The molecule has 2 rings (SSSR count). The third kappa shape index (κ3) is 6.19. The smallest absolute Gasteiger partial charge is 0.351 e. The molecule has 0 fully saturated rings. The van der Waals surface area contributed by atoms with E-state index < -0.39 is 11.9 Å². The summed E-state index contributed by atoms with van der Waals surface area (Å²) in [6.07, 6.45) is -2.76. The molecule has 0 amide bonds. The molecule has 0 aliphatic rings. The second kappa shape index (κ2) is 9.11. The molecule has 0 atom stereocenters. The molecule has 2 N–H and O–H groups in total. The topological polar surface area (TPSA) is 75.1 Å². The SMILES string of the molecule is CN=C(NCc1ccnc(C)n1)NCc1nc(C(F)(F)F)cs1.I. The fraction of sp³-hybridized carbons (Fsp3) is 0.385. The van der Waals surface area contributed by atoms with E-state index in [2.05, 4.69) is 30.6 Å². The summed E-state index contributed by atoms with van der Waals surface area (Å²) >= 11 is 0.948. The summed E-state index contributed by atoms with van der Waals surface area (Å²) in [4.78, 5) is 15.8. The minimum atomic E-state index is -4.42. The predicted octanol–water partition coefficient (Wildman–Crippen LogP) is 2.74. The van der Waals surface area contributed by atoms with Gasteiger partial charge in [0.1, 0.15) is 10.8 Å². The van der Waals surface area contributed by atoms with Gasteiger partial charge in [-0.3, -0.25) is 4.99 Å². The third-order valence-corrected chi connectivity index (χ3v) is 3.59. The minimum absolute atomic E-state index is 0. The van der Waals surface area contributed by atoms with Gasteiger partial charge in [-0.1, -0.05) is 0 Å². The van der Waals surface area contributed by atoms with E-state index in [1.54, 1.807) is 26.2 Å². The number of alkyl halides is 3. The molecular formula is C13H16F3IN6S. The number of nitrogens with zero attached hydrogens (tertiary/aromatic N) is 4. The Bertz CT molecular complexity index is 688. The molecule has 0 aromatic carbocycles. The van der Waals surface area contributed by atoms with Crippen molar-refractivity contribution in [3.63, 3.8) is 0 Å². The van der Waals surface area contributed by atoms with E-state index in [4.69, 9.17) is 0 Å². The molecule has 0 radical (unpaired) electrons. The average molecular weight is 472 g/mol. The third-order valence-electron chi connectivity index (χ3n) is 2.74. The summed E-state index contributed by atoms with van der Waals surface area (Å²) < 4.78 is 37.4. The van der Waals surface area contributed by atoms with Crippen molar-refractivity contribution in [2.24, 2.45) is 4.99 Å². The second-order valence-electron chi connectivity index (χ2n) is 4.50. The lowest BCUT2D eigenvalue weighted by Gasteiger charge is -2.10. The Balaban J connectivity index is 0.00000288. The van der Waals surface area contributed by atoms with E-state index in [-0.39, 0.29) is 30.5 Å². The molecule has 0 aliphatic carbocycles. The molecule has 0 aliphatic heterocycles. The number of hydrogen-bond donors (Lipinski definition) is 2. The standard InChI is InChI=1S/C13H15F3N6S.HI/c1-8-18-4-3-9(21-8)5-19-12(17-2)20-6-11-22-10(7-23-11)13(14,15)16;/h3-4,7H,5-6H2,1-2H3,(H2,17,19,20);1H. The summed E-state index contributed by atoms with van der Waals surface area (Å²) in [5.41, 5.74) is -0.0900. The lowest BCUT2D eigenvalue weighted by molar-refractivity contribution is -0.140. The van der Waals surface area contributed by atoms with Gasteiger partial charge in [-0.15, -0.1) is 35.3 Å². The van der Waals surface area contributed by atoms with Crippen LogP contribution in [0, 0.1) is 6.92 Å². The zero-order chi connectivity index (χ0) is 16.9. The van der Waals surface area contributed by atoms with E-state index >= 15 is 0 Å². The van der Waals surface area contributed by atoms with E-state index in [0.717, 1.165) is 22.4 Å². The fourth-order valence-electron chi connectivity index (χ4n) is 1.68. The Hall–Kier alpha value is -1.50. The fourth-order valence-corrected chi connectivity index (χ4v) is 2.42. The number of nitrogens with one attached hydrogen (secondary N) is 2. The van der Waals surface area contributed by atoms with Crippen molar-refractivity contribution < 1.29 is 13.2 Å². The van der Waals surface area contributed by atoms with Crippen molar-refractivity contribution in [1.29, 1.82) is 0 Å². The first-order chi connectivity index (χ1) is 10.9. The molecule has 2 aromatic rings. The van der Waals surface area contributed by atoms with Crippen molar-refractivity contribution in [2.75, 3.05) is 7.05 Å². The number of guanidine groups is 1. The van der Waals surface area contributed by atoms with Crippen molar-refractivity contribution >= 4 is 41.3 Å². The van der Waals surface area contributed by atoms with E-state index in [0.29, 0.717) is 23.3 Å². The Kier molecular flexibility index (Phi) is 7.79. The van der Waals surface area contributed by atoms with Gasteiger partial charge in [0.05, 0.1) is 18.8 Å². The highest BCUT2D eigenvalue weighted by Crippen LogP contribution is 2.29. The van der Waals surface area contributed by atoms with Crippen molar-refractivity contribution in [1.82, 2.24) is 25.6 Å². The van der Waals surface area contributed by atoms with E-state index in [1.807, 2.05) is 0 Å². The summed E-state index contributed by atoms with van der Waals surface area (Å²) in [7, 11) is 1.57. The number of thiazole rings is 1. The molecule has 0 spiro atoms. The van der Waals surface area contributed by atoms with Crippen LogP contribution in [0.3, 0.4) is 0 Å². The van der Waals surface area contributed by atoms with E-state index in [9.17, 15) is 13.2 Å². The molecule has 6 nitrogen and oxygen atoms in total. The lowest BCUT2D eigenvalue weighted by Crippen LogP contribution is -2.36. The maximum absolute atomic E-state index is 12.5. The van der Waals surface area contributed by atoms with Crippen LogP contribution in [0.5, 0.6) is 0 Å². The molecule has 24 heavy (non-hydrogen) atoms. The maximum atomic E-state index is 12.5. The van der Waals surface area contributed by atoms with Crippen LogP contribution in [-0.4, -0.2) is 28.0 Å². The van der Waals surface area contributed by atoms with Gasteiger partial charge in [0.25, 0.3) is 0 Å². The Morgan fingerprint density at radius 1 is 1.25 bits per heavy atom. The second-order valence-corrected chi connectivity index (χ2v) is 5.44. The van der Waals surface area contributed by atoms with Crippen LogP contribution >= 0.6 is 35.3 Å². The normalized spacial score (nSPS) is 11.8. The van der Waals surface area contributed by atoms with Gasteiger partial charge in [-0.25, -0.2) is 15.0 Å². The summed E-state index contributed by atoms with van der Waals surface area (Å²) in [6.45, 7) is 2.37. The predicted molar refractivity (Wildman–Crippen MR) is 96.3 cm³/mol. The molecule has 0 bridgehead atoms. The first-order valence-corrected chi connectivity index (χ1v) is 7.51. The van der Waals surface area contributed by atoms with Crippen LogP contribution in [-0.2, 0) is 19.3 Å². The van der Waals surface area contributed by atoms with Crippen LogP contribution in [0.1, 0.15) is 22.2 Å². The molecule has 0 saturated heterocycles. The van der Waals surface area contributed by atoms with Gasteiger partial charge in [0, 0.05) is 18.6 Å². The summed E-state index contributed by atoms with van der Waals surface area (Å²) in [5.74, 6) is 1.11. The molecule has 0 saturated carbocycles. The largest absolute Gasteiger partial charge is 0.434 e. The average Bonchev–Trinajstić information content (AvgIpc) is 2.96. The van der Waals surface area contributed by atoms with Gasteiger partial charge < -0.3 is 10.6 Å². The highest BCUT2D eigenvalue weighted by Gasteiger charge is 2.33. The van der Waals surface area contributed by atoms with Crippen molar-refractivity contribution in [3.05, 3.63) is 39.9 Å². The molecule has 132 valence electrons. The number of rotatable bonds is 4. The van der Waals surface area contributed by atoms with Crippen LogP contribution in [0.2, 0.25) is 0 Å². The zero-order valence-electron chi connectivity index (χ0n) is 12.9. The monoisotopic (exact) mass is 472 g/mol. The summed E-state index contributed by atoms with van der Waals surface area (Å²) in [6, 6.07) is 1.77.